The summed E-state index contributed by atoms with van der Waals surface area (Å²) >= 11 is 6.34. The van der Waals surface area contributed by atoms with Gasteiger partial charge in [-0.1, -0.05) is 25.4 Å². The molecule has 0 aliphatic heterocycles. The van der Waals surface area contributed by atoms with Gasteiger partial charge in [-0.15, -0.1) is 0 Å². The number of anilines is 2. The first-order chi connectivity index (χ1) is 9.96. The largest absolute Gasteiger partial charge is 0.399 e. The second-order valence-corrected chi connectivity index (χ2v) is 5.33. The second kappa shape index (κ2) is 8.10. The molecule has 0 aromatic heterocycles. The highest BCUT2D eigenvalue weighted by Crippen LogP contribution is 2.34. The van der Waals surface area contributed by atoms with Crippen molar-refractivity contribution in [2.75, 3.05) is 30.9 Å². The summed E-state index contributed by atoms with van der Waals surface area (Å²) in [5.41, 5.74) is 12.7. The molecule has 0 aliphatic carbocycles. The molecule has 1 aromatic rings. The van der Waals surface area contributed by atoms with Gasteiger partial charge in [-0.3, -0.25) is 4.79 Å². The van der Waals surface area contributed by atoms with Gasteiger partial charge in [0.1, 0.15) is 0 Å². The first-order valence-corrected chi connectivity index (χ1v) is 7.48. The smallest absolute Gasteiger partial charge is 0.250 e. The molecule has 0 saturated carbocycles. The number of amides is 1. The summed E-state index contributed by atoms with van der Waals surface area (Å²) in [4.78, 5) is 13.8. The lowest BCUT2D eigenvalue weighted by molar-refractivity contribution is 0.100. The van der Waals surface area contributed by atoms with Crippen molar-refractivity contribution < 1.29 is 9.53 Å². The number of nitrogens with two attached hydrogens (primary N) is 2. The van der Waals surface area contributed by atoms with Gasteiger partial charge in [0.2, 0.25) is 0 Å². The van der Waals surface area contributed by atoms with Crippen LogP contribution in [0.2, 0.25) is 5.02 Å². The fourth-order valence-corrected chi connectivity index (χ4v) is 2.83. The summed E-state index contributed by atoms with van der Waals surface area (Å²) in [6, 6.07) is 3.47. The summed E-state index contributed by atoms with van der Waals surface area (Å²) in [7, 11) is 1.64. The number of benzene rings is 1. The lowest BCUT2D eigenvalue weighted by atomic mass is 10.0. The monoisotopic (exact) mass is 313 g/mol. The number of methoxy groups -OCH3 is 1. The zero-order valence-corrected chi connectivity index (χ0v) is 13.6. The zero-order valence-electron chi connectivity index (χ0n) is 12.9. The van der Waals surface area contributed by atoms with Crippen LogP contribution in [-0.4, -0.2) is 32.2 Å². The first-order valence-electron chi connectivity index (χ1n) is 7.10. The van der Waals surface area contributed by atoms with E-state index in [-0.39, 0.29) is 6.04 Å². The Kier molecular flexibility index (Phi) is 6.78. The average Bonchev–Trinajstić information content (AvgIpc) is 2.43. The number of nitrogen functional groups attached to an aromatic ring is 1. The molecule has 0 fully saturated rings. The van der Waals surface area contributed by atoms with Crippen molar-refractivity contribution >= 4 is 28.9 Å². The second-order valence-electron chi connectivity index (χ2n) is 4.92. The summed E-state index contributed by atoms with van der Waals surface area (Å²) in [5, 5.41) is 0.437. The molecule has 4 N–H and O–H groups in total. The normalized spacial score (nSPS) is 10.9. The number of primary amides is 1. The van der Waals surface area contributed by atoms with Crippen LogP contribution in [0.15, 0.2) is 12.1 Å². The van der Waals surface area contributed by atoms with Crippen LogP contribution in [0.25, 0.3) is 0 Å². The summed E-state index contributed by atoms with van der Waals surface area (Å²) in [5.74, 6) is -0.535. The van der Waals surface area contributed by atoms with Gasteiger partial charge >= 0.3 is 0 Å². The van der Waals surface area contributed by atoms with E-state index in [0.717, 1.165) is 12.8 Å². The third-order valence-corrected chi connectivity index (χ3v) is 3.85. The number of rotatable bonds is 8. The van der Waals surface area contributed by atoms with Crippen LogP contribution in [0.1, 0.15) is 37.0 Å². The molecule has 6 heteroatoms. The van der Waals surface area contributed by atoms with Crippen LogP contribution in [0.4, 0.5) is 11.4 Å². The zero-order chi connectivity index (χ0) is 16.0. The molecule has 1 amide bonds. The Morgan fingerprint density at radius 3 is 2.48 bits per heavy atom. The summed E-state index contributed by atoms with van der Waals surface area (Å²) < 4.78 is 5.17. The highest BCUT2D eigenvalue weighted by Gasteiger charge is 2.23. The average molecular weight is 314 g/mol. The number of carbonyl (C=O) groups is 1. The van der Waals surface area contributed by atoms with Crippen LogP contribution in [-0.2, 0) is 4.74 Å². The number of hydrogen-bond acceptors (Lipinski definition) is 4. The molecule has 0 atom stereocenters. The number of nitrogens with zero attached hydrogens (tertiary/aromatic N) is 1. The van der Waals surface area contributed by atoms with Gasteiger partial charge in [-0.25, -0.2) is 0 Å². The molecule has 0 saturated heterocycles. The van der Waals surface area contributed by atoms with E-state index in [0.29, 0.717) is 35.1 Å². The van der Waals surface area contributed by atoms with Crippen LogP contribution in [0.3, 0.4) is 0 Å². The van der Waals surface area contributed by atoms with Crippen molar-refractivity contribution in [1.82, 2.24) is 0 Å². The molecule has 5 nitrogen and oxygen atoms in total. The molecule has 0 aliphatic rings. The number of hydrogen-bond donors (Lipinski definition) is 2. The molecule has 0 spiro atoms. The Labute approximate surface area is 131 Å². The minimum atomic E-state index is -0.535. The lowest BCUT2D eigenvalue weighted by Gasteiger charge is -2.34. The first kappa shape index (κ1) is 17.6. The van der Waals surface area contributed by atoms with Crippen LogP contribution < -0.4 is 16.4 Å². The number of carbonyl (C=O) groups excluding carboxylic acids is 1. The molecule has 0 heterocycles. The molecular weight excluding hydrogens is 290 g/mol. The number of halogens is 1. The van der Waals surface area contributed by atoms with E-state index < -0.39 is 5.91 Å². The maximum absolute atomic E-state index is 11.8. The van der Waals surface area contributed by atoms with E-state index in [2.05, 4.69) is 18.7 Å². The van der Waals surface area contributed by atoms with Crippen molar-refractivity contribution in [2.24, 2.45) is 5.73 Å². The van der Waals surface area contributed by atoms with E-state index >= 15 is 0 Å². The van der Waals surface area contributed by atoms with Gasteiger partial charge in [0.25, 0.3) is 5.91 Å². The molecule has 1 rings (SSSR count). The SMILES string of the molecule is CCC(CC)N(CCOC)c1c(Cl)cc(N)cc1C(N)=O. The minimum absolute atomic E-state index is 0.249. The topological polar surface area (TPSA) is 81.6 Å². The van der Waals surface area contributed by atoms with Crippen molar-refractivity contribution in [1.29, 1.82) is 0 Å². The maximum atomic E-state index is 11.8. The predicted molar refractivity (Wildman–Crippen MR) is 88.0 cm³/mol. The molecule has 0 bridgehead atoms. The fourth-order valence-electron chi connectivity index (χ4n) is 2.50. The lowest BCUT2D eigenvalue weighted by Crippen LogP contribution is -2.38. The van der Waals surface area contributed by atoms with Gasteiger partial charge in [-0.05, 0) is 25.0 Å². The quantitative estimate of drug-likeness (QED) is 0.723. The fraction of sp³-hybridized carbons (Fsp3) is 0.533. The van der Waals surface area contributed by atoms with E-state index in [1.807, 2.05) is 0 Å². The predicted octanol–water partition coefficient (Wildman–Crippen LogP) is 2.66. The van der Waals surface area contributed by atoms with E-state index in [1.165, 1.54) is 0 Å². The Bertz CT molecular complexity index is 490. The molecule has 1 aromatic carbocycles. The van der Waals surface area contributed by atoms with Crippen molar-refractivity contribution in [3.05, 3.63) is 22.7 Å². The molecule has 0 unspecified atom stereocenters. The van der Waals surface area contributed by atoms with Crippen LogP contribution in [0, 0.1) is 0 Å². The van der Waals surface area contributed by atoms with Crippen LogP contribution in [0.5, 0.6) is 0 Å². The molecule has 21 heavy (non-hydrogen) atoms. The van der Waals surface area contributed by atoms with Crippen molar-refractivity contribution in [3.8, 4) is 0 Å². The third kappa shape index (κ3) is 4.25. The van der Waals surface area contributed by atoms with Gasteiger partial charge in [-0.2, -0.15) is 0 Å². The minimum Gasteiger partial charge on any atom is -0.399 e. The molecule has 0 radical (unpaired) electrons. The Hall–Kier alpha value is -1.46. The summed E-state index contributed by atoms with van der Waals surface area (Å²) in [6.45, 7) is 5.37. The Morgan fingerprint density at radius 1 is 1.38 bits per heavy atom. The Balaban J connectivity index is 3.37. The van der Waals surface area contributed by atoms with E-state index in [9.17, 15) is 4.79 Å². The maximum Gasteiger partial charge on any atom is 0.250 e. The molecule has 118 valence electrons. The van der Waals surface area contributed by atoms with E-state index in [1.54, 1.807) is 19.2 Å². The number of ether oxygens (including phenoxy) is 1. The standard InChI is InChI=1S/C15H24ClN3O2/c1-4-11(5-2)19(6-7-21-3)14-12(15(18)20)8-10(17)9-13(14)16/h8-9,11H,4-7,17H2,1-3H3,(H2,18,20). The highest BCUT2D eigenvalue weighted by molar-refractivity contribution is 6.34. The Morgan fingerprint density at radius 2 is 2.00 bits per heavy atom. The molecular formula is C15H24ClN3O2. The van der Waals surface area contributed by atoms with Crippen molar-refractivity contribution in [3.63, 3.8) is 0 Å². The van der Waals surface area contributed by atoms with Gasteiger partial charge in [0, 0.05) is 25.4 Å². The van der Waals surface area contributed by atoms with Crippen LogP contribution >= 0.6 is 11.6 Å². The van der Waals surface area contributed by atoms with Crippen molar-refractivity contribution in [2.45, 2.75) is 32.7 Å². The van der Waals surface area contributed by atoms with E-state index in [4.69, 9.17) is 27.8 Å². The van der Waals surface area contributed by atoms with Gasteiger partial charge in [0.05, 0.1) is 22.9 Å². The van der Waals surface area contributed by atoms with Gasteiger partial charge < -0.3 is 21.1 Å². The van der Waals surface area contributed by atoms with Gasteiger partial charge in [0.15, 0.2) is 0 Å². The summed E-state index contributed by atoms with van der Waals surface area (Å²) in [6.07, 6.45) is 1.86. The third-order valence-electron chi connectivity index (χ3n) is 3.56. The highest BCUT2D eigenvalue weighted by atomic mass is 35.5.